The molecule has 1 unspecified atom stereocenters. The van der Waals surface area contributed by atoms with Crippen molar-refractivity contribution in [3.63, 3.8) is 0 Å². The van der Waals surface area contributed by atoms with Crippen LogP contribution in [0.3, 0.4) is 0 Å². The van der Waals surface area contributed by atoms with Gasteiger partial charge in [0.25, 0.3) is 0 Å². The van der Waals surface area contributed by atoms with Crippen LogP contribution in [0, 0.1) is 0 Å². The first-order valence-corrected chi connectivity index (χ1v) is 27.1. The van der Waals surface area contributed by atoms with E-state index in [0.29, 0.717) is 19.3 Å². The Hall–Kier alpha value is -3.41. The van der Waals surface area contributed by atoms with Crippen molar-refractivity contribution in [1.82, 2.24) is 0 Å². The van der Waals surface area contributed by atoms with Crippen LogP contribution in [-0.2, 0) is 28.6 Å². The molecular weight excluding hydrogens is 805 g/mol. The SMILES string of the molecule is CC/C=C\C/C=C\C/C=C\C/C=C\C/C=C\CCCC(=O)OC(COC(=O)CCCCCCC/C=C\C/C=C\CC)COC(=O)CCCCCCCCCCCCCCCCCCCC. The summed E-state index contributed by atoms with van der Waals surface area (Å²) in [6, 6.07) is 0. The summed E-state index contributed by atoms with van der Waals surface area (Å²) in [6.45, 7) is 6.37. The average Bonchev–Trinajstić information content (AvgIpc) is 3.30. The molecule has 372 valence electrons. The second-order valence-corrected chi connectivity index (χ2v) is 17.7. The molecule has 0 spiro atoms. The molecule has 0 aliphatic rings. The van der Waals surface area contributed by atoms with Crippen molar-refractivity contribution < 1.29 is 28.6 Å². The molecule has 0 N–H and O–H groups in total. The van der Waals surface area contributed by atoms with Crippen LogP contribution in [0.25, 0.3) is 0 Å². The Labute approximate surface area is 401 Å². The van der Waals surface area contributed by atoms with E-state index in [-0.39, 0.29) is 37.5 Å². The summed E-state index contributed by atoms with van der Waals surface area (Å²) in [4.78, 5) is 38.0. The second-order valence-electron chi connectivity index (χ2n) is 17.7. The van der Waals surface area contributed by atoms with Crippen LogP contribution in [0.15, 0.2) is 85.1 Å². The van der Waals surface area contributed by atoms with Gasteiger partial charge in [0.1, 0.15) is 13.2 Å². The Bertz CT molecular complexity index is 1270. The molecule has 0 aromatic rings. The maximum atomic E-state index is 12.8. The number of esters is 3. The summed E-state index contributed by atoms with van der Waals surface area (Å²) in [5, 5.41) is 0. The number of ether oxygens (including phenoxy) is 3. The third kappa shape index (κ3) is 51.4. The first kappa shape index (κ1) is 61.6. The van der Waals surface area contributed by atoms with Gasteiger partial charge in [-0.2, -0.15) is 0 Å². The van der Waals surface area contributed by atoms with Crippen LogP contribution in [0.5, 0.6) is 0 Å². The maximum absolute atomic E-state index is 12.8. The van der Waals surface area contributed by atoms with E-state index in [1.54, 1.807) is 0 Å². The number of hydrogen-bond donors (Lipinski definition) is 0. The summed E-state index contributed by atoms with van der Waals surface area (Å²) in [5.74, 6) is -0.973. The average molecular weight is 905 g/mol. The van der Waals surface area contributed by atoms with Crippen molar-refractivity contribution in [1.29, 1.82) is 0 Å². The topological polar surface area (TPSA) is 78.9 Å². The zero-order valence-electron chi connectivity index (χ0n) is 42.5. The second kappa shape index (κ2) is 53.2. The van der Waals surface area contributed by atoms with Crippen LogP contribution in [0.2, 0.25) is 0 Å². The van der Waals surface area contributed by atoms with Gasteiger partial charge in [0.15, 0.2) is 6.10 Å². The highest BCUT2D eigenvalue weighted by atomic mass is 16.6. The molecule has 1 atom stereocenters. The maximum Gasteiger partial charge on any atom is 0.306 e. The zero-order chi connectivity index (χ0) is 47.2. The lowest BCUT2D eigenvalue weighted by atomic mass is 10.0. The quantitative estimate of drug-likeness (QED) is 0.0262. The fourth-order valence-corrected chi connectivity index (χ4v) is 7.40. The number of unbranched alkanes of at least 4 members (excludes halogenated alkanes) is 23. The Morgan fingerprint density at radius 2 is 0.615 bits per heavy atom. The largest absolute Gasteiger partial charge is 0.462 e. The monoisotopic (exact) mass is 905 g/mol. The van der Waals surface area contributed by atoms with E-state index in [0.717, 1.165) is 109 Å². The Kier molecular flexibility index (Phi) is 50.4. The van der Waals surface area contributed by atoms with Gasteiger partial charge >= 0.3 is 17.9 Å². The van der Waals surface area contributed by atoms with Gasteiger partial charge < -0.3 is 14.2 Å². The molecule has 6 heteroatoms. The standard InChI is InChI=1S/C59H100O6/c1-4-7-10-13-16-19-22-25-27-29-31-32-34-37-40-43-46-49-52-58(61)64-55-56(54-63-57(60)51-48-45-42-39-36-24-21-18-15-12-9-6-3)65-59(62)53-50-47-44-41-38-35-33-30-28-26-23-20-17-14-11-8-5-2/h8-9,11-12,17-18,20-21,26,28,33,35,41,44,56H,4-7,10,13-16,19,22-25,27,29-32,34,36-40,42-43,45-55H2,1-3H3/b11-8-,12-9-,20-17-,21-18-,28-26-,35-33-,44-41-. The summed E-state index contributed by atoms with van der Waals surface area (Å²) in [7, 11) is 0. The molecule has 6 nitrogen and oxygen atoms in total. The molecule has 0 rings (SSSR count). The van der Waals surface area contributed by atoms with E-state index in [1.165, 1.54) is 96.3 Å². The summed E-state index contributed by atoms with van der Waals surface area (Å²) in [6.07, 6.45) is 68.7. The van der Waals surface area contributed by atoms with Gasteiger partial charge in [0.2, 0.25) is 0 Å². The van der Waals surface area contributed by atoms with Gasteiger partial charge in [-0.25, -0.2) is 0 Å². The van der Waals surface area contributed by atoms with Gasteiger partial charge in [-0.1, -0.05) is 234 Å². The van der Waals surface area contributed by atoms with Crippen molar-refractivity contribution >= 4 is 17.9 Å². The zero-order valence-corrected chi connectivity index (χ0v) is 42.5. The van der Waals surface area contributed by atoms with Crippen LogP contribution in [0.4, 0.5) is 0 Å². The number of carbonyl (C=O) groups excluding carboxylic acids is 3. The van der Waals surface area contributed by atoms with E-state index in [9.17, 15) is 14.4 Å². The van der Waals surface area contributed by atoms with E-state index in [1.807, 2.05) is 0 Å². The van der Waals surface area contributed by atoms with Crippen LogP contribution in [-0.4, -0.2) is 37.2 Å². The minimum Gasteiger partial charge on any atom is -0.462 e. The molecule has 0 aromatic heterocycles. The highest BCUT2D eigenvalue weighted by Crippen LogP contribution is 2.15. The molecule has 0 radical (unpaired) electrons. The van der Waals surface area contributed by atoms with Gasteiger partial charge in [0.05, 0.1) is 0 Å². The van der Waals surface area contributed by atoms with Gasteiger partial charge in [-0.3, -0.25) is 14.4 Å². The van der Waals surface area contributed by atoms with E-state index in [2.05, 4.69) is 106 Å². The fraction of sp³-hybridized carbons (Fsp3) is 0.712. The molecule has 0 aliphatic carbocycles. The number of hydrogen-bond acceptors (Lipinski definition) is 6. The highest BCUT2D eigenvalue weighted by molar-refractivity contribution is 5.71. The molecule has 0 aromatic carbocycles. The molecular formula is C59H100O6. The molecule has 0 saturated heterocycles. The van der Waals surface area contributed by atoms with Crippen molar-refractivity contribution in [2.45, 2.75) is 258 Å². The lowest BCUT2D eigenvalue weighted by Gasteiger charge is -2.18. The van der Waals surface area contributed by atoms with Crippen molar-refractivity contribution in [3.8, 4) is 0 Å². The molecule has 0 aliphatic heterocycles. The smallest absolute Gasteiger partial charge is 0.306 e. The van der Waals surface area contributed by atoms with Gasteiger partial charge in [-0.15, -0.1) is 0 Å². The Morgan fingerprint density at radius 1 is 0.323 bits per heavy atom. The summed E-state index contributed by atoms with van der Waals surface area (Å²) in [5.41, 5.74) is 0. The first-order chi connectivity index (χ1) is 32.0. The Balaban J connectivity index is 4.44. The minimum atomic E-state index is -0.810. The van der Waals surface area contributed by atoms with Gasteiger partial charge in [-0.05, 0) is 83.5 Å². The molecule has 65 heavy (non-hydrogen) atoms. The van der Waals surface area contributed by atoms with Gasteiger partial charge in [0, 0.05) is 19.3 Å². The molecule has 0 bridgehead atoms. The fourth-order valence-electron chi connectivity index (χ4n) is 7.40. The lowest BCUT2D eigenvalue weighted by molar-refractivity contribution is -0.167. The van der Waals surface area contributed by atoms with E-state index < -0.39 is 6.10 Å². The van der Waals surface area contributed by atoms with E-state index in [4.69, 9.17) is 14.2 Å². The van der Waals surface area contributed by atoms with Crippen LogP contribution < -0.4 is 0 Å². The summed E-state index contributed by atoms with van der Waals surface area (Å²) >= 11 is 0. The molecule has 0 fully saturated rings. The lowest BCUT2D eigenvalue weighted by Crippen LogP contribution is -2.30. The summed E-state index contributed by atoms with van der Waals surface area (Å²) < 4.78 is 16.8. The third-order valence-electron chi connectivity index (χ3n) is 11.4. The minimum absolute atomic E-state index is 0.102. The van der Waals surface area contributed by atoms with Crippen molar-refractivity contribution in [2.24, 2.45) is 0 Å². The predicted octanol–water partition coefficient (Wildman–Crippen LogP) is 18.0. The van der Waals surface area contributed by atoms with Crippen molar-refractivity contribution in [3.05, 3.63) is 85.1 Å². The van der Waals surface area contributed by atoms with Crippen molar-refractivity contribution in [2.75, 3.05) is 13.2 Å². The Morgan fingerprint density at radius 3 is 0.985 bits per heavy atom. The third-order valence-corrected chi connectivity index (χ3v) is 11.4. The van der Waals surface area contributed by atoms with E-state index >= 15 is 0 Å². The predicted molar refractivity (Wildman–Crippen MR) is 279 cm³/mol. The van der Waals surface area contributed by atoms with Crippen LogP contribution in [0.1, 0.15) is 252 Å². The number of rotatable bonds is 48. The molecule has 0 heterocycles. The normalized spacial score (nSPS) is 12.7. The number of allylic oxidation sites excluding steroid dienone is 14. The van der Waals surface area contributed by atoms with Crippen LogP contribution >= 0.6 is 0 Å². The first-order valence-electron chi connectivity index (χ1n) is 27.1. The number of carbonyl (C=O) groups is 3. The molecule has 0 amide bonds. The highest BCUT2D eigenvalue weighted by Gasteiger charge is 2.19. The molecule has 0 saturated carbocycles.